The van der Waals surface area contributed by atoms with Gasteiger partial charge in [-0.25, -0.2) is 0 Å². The van der Waals surface area contributed by atoms with E-state index in [4.69, 9.17) is 16.7 Å². The maximum absolute atomic E-state index is 8.73. The molecule has 0 aromatic heterocycles. The summed E-state index contributed by atoms with van der Waals surface area (Å²) in [6.45, 7) is 2.01. The third kappa shape index (κ3) is 1.98. The van der Waals surface area contributed by atoms with Gasteiger partial charge in [0.25, 0.3) is 0 Å². The molecule has 0 saturated carbocycles. The first-order chi connectivity index (χ1) is 6.19. The van der Waals surface area contributed by atoms with Crippen molar-refractivity contribution in [2.45, 2.75) is 19.4 Å². The summed E-state index contributed by atoms with van der Waals surface area (Å²) in [7, 11) is 0. The van der Waals surface area contributed by atoms with Crippen molar-refractivity contribution in [2.75, 3.05) is 5.73 Å². The van der Waals surface area contributed by atoms with Crippen molar-refractivity contribution in [3.8, 4) is 6.07 Å². The second kappa shape index (κ2) is 3.92. The van der Waals surface area contributed by atoms with Crippen molar-refractivity contribution in [2.24, 2.45) is 5.73 Å². The summed E-state index contributed by atoms with van der Waals surface area (Å²) in [4.78, 5) is 0. The molecule has 0 radical (unpaired) electrons. The van der Waals surface area contributed by atoms with Crippen LogP contribution in [0.2, 0.25) is 0 Å². The summed E-state index contributed by atoms with van der Waals surface area (Å²) in [6, 6.07) is 7.37. The van der Waals surface area contributed by atoms with Crippen molar-refractivity contribution >= 4 is 5.69 Å². The quantitative estimate of drug-likeness (QED) is 0.669. The molecule has 1 aromatic rings. The van der Waals surface area contributed by atoms with Crippen LogP contribution in [-0.4, -0.2) is 0 Å². The largest absolute Gasteiger partial charge is 0.398 e. The van der Waals surface area contributed by atoms with Gasteiger partial charge >= 0.3 is 0 Å². The summed E-state index contributed by atoms with van der Waals surface area (Å²) in [5.74, 6) is 0. The Morgan fingerprint density at radius 1 is 1.54 bits per heavy atom. The first-order valence-corrected chi connectivity index (χ1v) is 4.24. The summed E-state index contributed by atoms with van der Waals surface area (Å²) in [6.07, 6.45) is 0.856. The van der Waals surface area contributed by atoms with Crippen LogP contribution >= 0.6 is 0 Å². The first-order valence-electron chi connectivity index (χ1n) is 4.24. The second-order valence-electron chi connectivity index (χ2n) is 2.97. The molecule has 0 aliphatic rings. The lowest BCUT2D eigenvalue weighted by Gasteiger charge is -2.09. The number of benzene rings is 1. The molecule has 3 nitrogen and oxygen atoms in total. The van der Waals surface area contributed by atoms with Crippen LogP contribution in [0.3, 0.4) is 0 Å². The van der Waals surface area contributed by atoms with Crippen molar-refractivity contribution in [3.05, 3.63) is 29.3 Å². The fraction of sp³-hybridized carbons (Fsp3) is 0.300. The van der Waals surface area contributed by atoms with Crippen LogP contribution in [0.25, 0.3) is 0 Å². The molecular formula is C10H13N3. The zero-order valence-electron chi connectivity index (χ0n) is 7.62. The van der Waals surface area contributed by atoms with Crippen LogP contribution in [0.5, 0.6) is 0 Å². The molecule has 1 unspecified atom stereocenters. The Hall–Kier alpha value is -1.53. The predicted molar refractivity (Wildman–Crippen MR) is 52.8 cm³/mol. The van der Waals surface area contributed by atoms with E-state index in [1.165, 1.54) is 0 Å². The van der Waals surface area contributed by atoms with E-state index in [1.807, 2.05) is 19.1 Å². The highest BCUT2D eigenvalue weighted by molar-refractivity contribution is 5.55. The summed E-state index contributed by atoms with van der Waals surface area (Å²) in [5.41, 5.74) is 13.4. The highest BCUT2D eigenvalue weighted by Gasteiger charge is 2.05. The molecule has 68 valence electrons. The van der Waals surface area contributed by atoms with Crippen LogP contribution in [-0.2, 0) is 0 Å². The Morgan fingerprint density at radius 3 is 2.77 bits per heavy atom. The van der Waals surface area contributed by atoms with Crippen LogP contribution < -0.4 is 11.5 Å². The maximum atomic E-state index is 8.73. The van der Waals surface area contributed by atoms with Gasteiger partial charge < -0.3 is 11.5 Å². The molecule has 0 fully saturated rings. The van der Waals surface area contributed by atoms with E-state index in [2.05, 4.69) is 0 Å². The lowest BCUT2D eigenvalue weighted by atomic mass is 10.0. The van der Waals surface area contributed by atoms with Gasteiger partial charge in [-0.1, -0.05) is 13.0 Å². The molecule has 13 heavy (non-hydrogen) atoms. The number of nitrogen functional groups attached to an aromatic ring is 1. The zero-order chi connectivity index (χ0) is 9.84. The number of rotatable bonds is 2. The van der Waals surface area contributed by atoms with Crippen molar-refractivity contribution in [1.82, 2.24) is 0 Å². The normalized spacial score (nSPS) is 12.1. The van der Waals surface area contributed by atoms with E-state index in [-0.39, 0.29) is 6.04 Å². The Morgan fingerprint density at radius 2 is 2.23 bits per heavy atom. The molecule has 0 saturated heterocycles. The average molecular weight is 175 g/mol. The van der Waals surface area contributed by atoms with Crippen LogP contribution in [0.15, 0.2) is 18.2 Å². The number of nitrogens with zero attached hydrogens (tertiary/aromatic N) is 1. The van der Waals surface area contributed by atoms with Gasteiger partial charge in [0.05, 0.1) is 5.56 Å². The highest BCUT2D eigenvalue weighted by Crippen LogP contribution is 2.18. The average Bonchev–Trinajstić information content (AvgIpc) is 2.17. The Labute approximate surface area is 78.0 Å². The van der Waals surface area contributed by atoms with Gasteiger partial charge in [0.1, 0.15) is 6.07 Å². The van der Waals surface area contributed by atoms with Gasteiger partial charge in [-0.15, -0.1) is 0 Å². The number of hydrogen-bond acceptors (Lipinski definition) is 3. The van der Waals surface area contributed by atoms with E-state index < -0.39 is 0 Å². The van der Waals surface area contributed by atoms with Gasteiger partial charge in [-0.2, -0.15) is 5.26 Å². The van der Waals surface area contributed by atoms with Crippen LogP contribution in [0.1, 0.15) is 30.5 Å². The summed E-state index contributed by atoms with van der Waals surface area (Å²) in [5, 5.41) is 8.73. The summed E-state index contributed by atoms with van der Waals surface area (Å²) >= 11 is 0. The van der Waals surface area contributed by atoms with Gasteiger partial charge in [0.15, 0.2) is 0 Å². The minimum Gasteiger partial charge on any atom is -0.398 e. The fourth-order valence-electron chi connectivity index (χ4n) is 1.14. The monoisotopic (exact) mass is 175 g/mol. The standard InChI is InChI=1S/C10H13N3/c1-2-9(12)7-3-4-10(13)8(5-7)6-11/h3-5,9H,2,12-13H2,1H3. The number of nitriles is 1. The third-order valence-electron chi connectivity index (χ3n) is 2.07. The van der Waals surface area contributed by atoms with Crippen molar-refractivity contribution < 1.29 is 0 Å². The van der Waals surface area contributed by atoms with Crippen LogP contribution in [0.4, 0.5) is 5.69 Å². The van der Waals surface area contributed by atoms with Gasteiger partial charge in [-0.3, -0.25) is 0 Å². The first kappa shape index (κ1) is 9.56. The topological polar surface area (TPSA) is 75.8 Å². The molecular weight excluding hydrogens is 162 g/mol. The SMILES string of the molecule is CCC(N)c1ccc(N)c(C#N)c1. The Bertz CT molecular complexity index is 339. The number of nitrogens with two attached hydrogens (primary N) is 2. The Kier molecular flexibility index (Phi) is 2.88. The van der Waals surface area contributed by atoms with E-state index in [1.54, 1.807) is 12.1 Å². The number of hydrogen-bond donors (Lipinski definition) is 2. The molecule has 0 amide bonds. The van der Waals surface area contributed by atoms with Crippen molar-refractivity contribution in [1.29, 1.82) is 5.26 Å². The molecule has 0 bridgehead atoms. The molecule has 3 heteroatoms. The molecule has 0 heterocycles. The van der Waals surface area contributed by atoms with E-state index in [9.17, 15) is 0 Å². The molecule has 1 rings (SSSR count). The van der Waals surface area contributed by atoms with E-state index in [0.717, 1.165) is 12.0 Å². The van der Waals surface area contributed by atoms with E-state index in [0.29, 0.717) is 11.3 Å². The lowest BCUT2D eigenvalue weighted by molar-refractivity contribution is 0.698. The molecule has 0 aliphatic heterocycles. The molecule has 1 atom stereocenters. The molecule has 4 N–H and O–H groups in total. The second-order valence-corrected chi connectivity index (χ2v) is 2.97. The van der Waals surface area contributed by atoms with Gasteiger partial charge in [0, 0.05) is 11.7 Å². The minimum absolute atomic E-state index is 0.00676. The lowest BCUT2D eigenvalue weighted by Crippen LogP contribution is -2.09. The number of anilines is 1. The molecule has 1 aromatic carbocycles. The van der Waals surface area contributed by atoms with Crippen LogP contribution in [0, 0.1) is 11.3 Å². The highest BCUT2D eigenvalue weighted by atomic mass is 14.6. The van der Waals surface area contributed by atoms with E-state index >= 15 is 0 Å². The zero-order valence-corrected chi connectivity index (χ0v) is 7.62. The summed E-state index contributed by atoms with van der Waals surface area (Å²) < 4.78 is 0. The third-order valence-corrected chi connectivity index (χ3v) is 2.07. The van der Waals surface area contributed by atoms with Gasteiger partial charge in [0.2, 0.25) is 0 Å². The molecule has 0 aliphatic carbocycles. The smallest absolute Gasteiger partial charge is 0.101 e. The minimum atomic E-state index is -0.00676. The Balaban J connectivity index is 3.08. The van der Waals surface area contributed by atoms with Gasteiger partial charge in [-0.05, 0) is 24.1 Å². The predicted octanol–water partition coefficient (Wildman–Crippen LogP) is 1.55. The maximum Gasteiger partial charge on any atom is 0.101 e. The van der Waals surface area contributed by atoms with Crippen molar-refractivity contribution in [3.63, 3.8) is 0 Å². The molecule has 0 spiro atoms. The fourth-order valence-corrected chi connectivity index (χ4v) is 1.14.